The van der Waals surface area contributed by atoms with Crippen LogP contribution >= 0.6 is 11.6 Å². The summed E-state index contributed by atoms with van der Waals surface area (Å²) in [4.78, 5) is 11.0. The van der Waals surface area contributed by atoms with Crippen LogP contribution in [0, 0.1) is 13.8 Å². The van der Waals surface area contributed by atoms with Gasteiger partial charge in [0.15, 0.2) is 11.0 Å². The van der Waals surface area contributed by atoms with Crippen LogP contribution in [0.4, 0.5) is 5.82 Å². The Balaban J connectivity index is 2.12. The highest BCUT2D eigenvalue weighted by Crippen LogP contribution is 2.21. The van der Waals surface area contributed by atoms with Crippen molar-refractivity contribution in [3.05, 3.63) is 16.5 Å². The fourth-order valence-electron chi connectivity index (χ4n) is 1.91. The summed E-state index contributed by atoms with van der Waals surface area (Å²) in [5.41, 5.74) is 1.82. The maximum atomic E-state index is 6.07. The molecule has 0 spiro atoms. The minimum absolute atomic E-state index is 0.430. The second-order valence-corrected chi connectivity index (χ2v) is 4.78. The van der Waals surface area contributed by atoms with E-state index in [0.717, 1.165) is 30.9 Å². The molecule has 2 rings (SSSR count). The van der Waals surface area contributed by atoms with Gasteiger partial charge in [-0.15, -0.1) is 0 Å². The number of anilines is 1. The Kier molecular flexibility index (Phi) is 3.30. The van der Waals surface area contributed by atoms with Crippen LogP contribution in [0.25, 0.3) is 0 Å². The molecule has 1 N–H and O–H groups in total. The number of nitrogens with zero attached hydrogens (tertiary/aromatic N) is 3. The van der Waals surface area contributed by atoms with E-state index >= 15 is 0 Å². The fraction of sp³-hybridized carbons (Fsp3) is 0.636. The van der Waals surface area contributed by atoms with Gasteiger partial charge in [-0.1, -0.05) is 11.6 Å². The van der Waals surface area contributed by atoms with Crippen molar-refractivity contribution in [2.24, 2.45) is 0 Å². The molecular formula is C11H17ClN4. The van der Waals surface area contributed by atoms with Crippen LogP contribution < -0.4 is 5.32 Å². The lowest BCUT2D eigenvalue weighted by Gasteiger charge is -2.15. The number of halogens is 1. The van der Waals surface area contributed by atoms with Gasteiger partial charge in [-0.25, -0.2) is 9.97 Å². The molecule has 1 aliphatic rings. The van der Waals surface area contributed by atoms with Gasteiger partial charge in [0.25, 0.3) is 0 Å². The van der Waals surface area contributed by atoms with E-state index in [4.69, 9.17) is 11.6 Å². The molecule has 1 aliphatic heterocycles. The first-order valence-electron chi connectivity index (χ1n) is 5.52. The van der Waals surface area contributed by atoms with Crippen molar-refractivity contribution in [2.75, 3.05) is 25.5 Å². The third-order valence-electron chi connectivity index (χ3n) is 3.00. The summed E-state index contributed by atoms with van der Waals surface area (Å²) in [6.45, 7) is 6.02. The SMILES string of the molecule is Cc1nc(Cl)c(NC2CCN(C)C2)nc1C. The van der Waals surface area contributed by atoms with Crippen molar-refractivity contribution in [1.82, 2.24) is 14.9 Å². The average molecular weight is 241 g/mol. The number of aryl methyl sites for hydroxylation is 2. The monoisotopic (exact) mass is 240 g/mol. The molecule has 1 unspecified atom stereocenters. The molecule has 0 saturated carbocycles. The zero-order valence-electron chi connectivity index (χ0n) is 9.92. The fourth-order valence-corrected chi connectivity index (χ4v) is 2.14. The lowest BCUT2D eigenvalue weighted by Crippen LogP contribution is -2.24. The van der Waals surface area contributed by atoms with Crippen LogP contribution in [0.1, 0.15) is 17.8 Å². The van der Waals surface area contributed by atoms with Gasteiger partial charge in [0.1, 0.15) is 0 Å². The van der Waals surface area contributed by atoms with Gasteiger partial charge in [0.2, 0.25) is 0 Å². The molecule has 5 heteroatoms. The summed E-state index contributed by atoms with van der Waals surface area (Å²) >= 11 is 6.07. The summed E-state index contributed by atoms with van der Waals surface area (Å²) in [6.07, 6.45) is 1.13. The number of likely N-dealkylation sites (N-methyl/N-ethyl adjacent to an activating group) is 1. The predicted molar refractivity (Wildman–Crippen MR) is 66.0 cm³/mol. The summed E-state index contributed by atoms with van der Waals surface area (Å²) in [5.74, 6) is 0.713. The second kappa shape index (κ2) is 4.55. The average Bonchev–Trinajstić information content (AvgIpc) is 2.60. The largest absolute Gasteiger partial charge is 0.363 e. The molecule has 0 amide bonds. The highest BCUT2D eigenvalue weighted by atomic mass is 35.5. The summed E-state index contributed by atoms with van der Waals surface area (Å²) < 4.78 is 0. The topological polar surface area (TPSA) is 41.1 Å². The summed E-state index contributed by atoms with van der Waals surface area (Å²) in [6, 6.07) is 0.430. The van der Waals surface area contributed by atoms with E-state index in [1.54, 1.807) is 0 Å². The molecule has 1 atom stereocenters. The van der Waals surface area contributed by atoms with E-state index in [-0.39, 0.29) is 0 Å². The number of hydrogen-bond donors (Lipinski definition) is 1. The molecule has 1 aromatic heterocycles. The van der Waals surface area contributed by atoms with E-state index in [0.29, 0.717) is 17.0 Å². The molecule has 1 saturated heterocycles. The molecule has 0 aromatic carbocycles. The van der Waals surface area contributed by atoms with Crippen LogP contribution in [-0.4, -0.2) is 41.0 Å². The maximum absolute atomic E-state index is 6.07. The van der Waals surface area contributed by atoms with Crippen LogP contribution in [0.3, 0.4) is 0 Å². The van der Waals surface area contributed by atoms with Gasteiger partial charge in [0.05, 0.1) is 11.4 Å². The summed E-state index contributed by atoms with van der Waals surface area (Å²) in [5, 5.41) is 3.83. The molecule has 4 nitrogen and oxygen atoms in total. The van der Waals surface area contributed by atoms with Crippen molar-refractivity contribution in [2.45, 2.75) is 26.3 Å². The molecule has 1 aromatic rings. The number of hydrogen-bond acceptors (Lipinski definition) is 4. The third-order valence-corrected chi connectivity index (χ3v) is 3.26. The Bertz CT molecular complexity index is 394. The predicted octanol–water partition coefficient (Wildman–Crippen LogP) is 1.86. The number of rotatable bonds is 2. The molecule has 16 heavy (non-hydrogen) atoms. The van der Waals surface area contributed by atoms with Crippen molar-refractivity contribution < 1.29 is 0 Å². The minimum atomic E-state index is 0.430. The Morgan fingerprint density at radius 3 is 2.62 bits per heavy atom. The number of aromatic nitrogens is 2. The van der Waals surface area contributed by atoms with E-state index < -0.39 is 0 Å². The van der Waals surface area contributed by atoms with Gasteiger partial charge in [-0.2, -0.15) is 0 Å². The molecule has 1 fully saturated rings. The van der Waals surface area contributed by atoms with E-state index in [1.807, 2.05) is 13.8 Å². The lowest BCUT2D eigenvalue weighted by atomic mass is 10.2. The van der Waals surface area contributed by atoms with Crippen LogP contribution in [-0.2, 0) is 0 Å². The normalized spacial score (nSPS) is 21.4. The van der Waals surface area contributed by atoms with E-state index in [1.165, 1.54) is 0 Å². The highest BCUT2D eigenvalue weighted by Gasteiger charge is 2.20. The number of nitrogens with one attached hydrogen (secondary N) is 1. The first-order chi connectivity index (χ1) is 7.56. The van der Waals surface area contributed by atoms with Gasteiger partial charge in [-0.05, 0) is 33.9 Å². The van der Waals surface area contributed by atoms with E-state index in [9.17, 15) is 0 Å². The zero-order valence-corrected chi connectivity index (χ0v) is 10.7. The molecule has 0 radical (unpaired) electrons. The maximum Gasteiger partial charge on any atom is 0.171 e. The van der Waals surface area contributed by atoms with Crippen molar-refractivity contribution in [3.8, 4) is 0 Å². The van der Waals surface area contributed by atoms with E-state index in [2.05, 4.69) is 27.2 Å². The Morgan fingerprint density at radius 2 is 2.00 bits per heavy atom. The van der Waals surface area contributed by atoms with Crippen molar-refractivity contribution in [1.29, 1.82) is 0 Å². The van der Waals surface area contributed by atoms with Gasteiger partial charge in [0, 0.05) is 12.6 Å². The number of likely N-dealkylation sites (tertiary alicyclic amines) is 1. The van der Waals surface area contributed by atoms with Gasteiger partial charge >= 0.3 is 0 Å². The molecule has 88 valence electrons. The molecule has 0 bridgehead atoms. The zero-order chi connectivity index (χ0) is 11.7. The Morgan fingerprint density at radius 1 is 1.31 bits per heavy atom. The van der Waals surface area contributed by atoms with Crippen LogP contribution in [0.15, 0.2) is 0 Å². The smallest absolute Gasteiger partial charge is 0.171 e. The van der Waals surface area contributed by atoms with Gasteiger partial charge < -0.3 is 10.2 Å². The quantitative estimate of drug-likeness (QED) is 0.857. The summed E-state index contributed by atoms with van der Waals surface area (Å²) in [7, 11) is 2.12. The van der Waals surface area contributed by atoms with Crippen LogP contribution in [0.2, 0.25) is 5.15 Å². The molecule has 0 aliphatic carbocycles. The second-order valence-electron chi connectivity index (χ2n) is 4.43. The standard InChI is InChI=1S/C11H17ClN4/c1-7-8(2)14-11(10(12)13-7)15-9-4-5-16(3)6-9/h9H,4-6H2,1-3H3,(H,14,15). The first kappa shape index (κ1) is 11.6. The Hall–Kier alpha value is -0.870. The third kappa shape index (κ3) is 2.44. The first-order valence-corrected chi connectivity index (χ1v) is 5.90. The highest BCUT2D eigenvalue weighted by molar-refractivity contribution is 6.31. The van der Waals surface area contributed by atoms with Gasteiger partial charge in [-0.3, -0.25) is 0 Å². The Labute approximate surface area is 101 Å². The molecule has 2 heterocycles. The minimum Gasteiger partial charge on any atom is -0.363 e. The molecular weight excluding hydrogens is 224 g/mol. The lowest BCUT2D eigenvalue weighted by molar-refractivity contribution is 0.414. The van der Waals surface area contributed by atoms with Crippen molar-refractivity contribution >= 4 is 17.4 Å². The van der Waals surface area contributed by atoms with Crippen LogP contribution in [0.5, 0.6) is 0 Å². The van der Waals surface area contributed by atoms with Crippen molar-refractivity contribution in [3.63, 3.8) is 0 Å².